The number of ether oxygens (including phenoxy) is 1. The zero-order valence-corrected chi connectivity index (χ0v) is 10.3. The minimum atomic E-state index is -4.50. The van der Waals surface area contributed by atoms with Crippen LogP contribution in [0.15, 0.2) is 0 Å². The third-order valence-electron chi connectivity index (χ3n) is 3.50. The fraction of sp³-hybridized carbons (Fsp3) is 0.900. The Labute approximate surface area is 108 Å². The molecule has 0 aromatic carbocycles. The Morgan fingerprint density at radius 2 is 1.79 bits per heavy atom. The molecule has 2 heterocycles. The van der Waals surface area contributed by atoms with Crippen LogP contribution in [0, 0.1) is 0 Å². The van der Waals surface area contributed by atoms with Crippen molar-refractivity contribution in [3.8, 4) is 0 Å². The van der Waals surface area contributed by atoms with E-state index in [1.165, 1.54) is 4.90 Å². The molecule has 0 saturated carbocycles. The number of fused-ring (bicyclic) bond motifs is 2. The lowest BCUT2D eigenvalue weighted by Gasteiger charge is -2.41. The van der Waals surface area contributed by atoms with Gasteiger partial charge < -0.3 is 16.2 Å². The van der Waals surface area contributed by atoms with Crippen LogP contribution in [-0.2, 0) is 4.74 Å². The number of alkyl halides is 3. The predicted octanol–water partition coefficient (Wildman–Crippen LogP) is 0.0349. The van der Waals surface area contributed by atoms with Crippen LogP contribution in [0.4, 0.5) is 18.0 Å². The van der Waals surface area contributed by atoms with Gasteiger partial charge in [0.05, 0.1) is 0 Å². The Bertz CT molecular complexity index is 336. The highest BCUT2D eigenvalue weighted by Crippen LogP contribution is 2.31. The molecule has 0 aromatic heterocycles. The van der Waals surface area contributed by atoms with Crippen LogP contribution in [0.25, 0.3) is 0 Å². The molecule has 2 fully saturated rings. The van der Waals surface area contributed by atoms with Crippen molar-refractivity contribution in [1.82, 2.24) is 9.80 Å². The van der Waals surface area contributed by atoms with Gasteiger partial charge in [0.25, 0.3) is 0 Å². The molecule has 110 valence electrons. The first-order valence-electron chi connectivity index (χ1n) is 6.05. The standard InChI is InChI=1S/C10H17F3N4O2/c11-10(12,13)5-19-9(18)17-6-1-2-7(17)4-16(3-6)8(14)15/h6-8H,1-5,14-15H2. The molecular formula is C10H17F3N4O2. The summed E-state index contributed by atoms with van der Waals surface area (Å²) in [6.45, 7) is -0.619. The van der Waals surface area contributed by atoms with E-state index in [4.69, 9.17) is 11.5 Å². The Hall–Kier alpha value is -1.06. The minimum Gasteiger partial charge on any atom is -0.440 e. The highest BCUT2D eigenvalue weighted by Gasteiger charge is 2.44. The van der Waals surface area contributed by atoms with E-state index in [0.717, 1.165) is 12.8 Å². The second kappa shape index (κ2) is 5.14. The second-order valence-corrected chi connectivity index (χ2v) is 4.91. The number of piperazine rings is 1. The third kappa shape index (κ3) is 3.28. The van der Waals surface area contributed by atoms with Crippen molar-refractivity contribution >= 4 is 6.09 Å². The first-order valence-corrected chi connectivity index (χ1v) is 6.05. The van der Waals surface area contributed by atoms with Crippen molar-refractivity contribution in [3.05, 3.63) is 0 Å². The lowest BCUT2D eigenvalue weighted by molar-refractivity contribution is -0.163. The number of rotatable bonds is 2. The molecule has 2 bridgehead atoms. The fourth-order valence-electron chi connectivity index (χ4n) is 2.70. The SMILES string of the molecule is NC(N)N1CC2CCC(C1)N2C(=O)OCC(F)(F)F. The molecule has 9 heteroatoms. The Balaban J connectivity index is 1.94. The van der Waals surface area contributed by atoms with Crippen LogP contribution in [0.1, 0.15) is 12.8 Å². The van der Waals surface area contributed by atoms with E-state index in [2.05, 4.69) is 4.74 Å². The van der Waals surface area contributed by atoms with Gasteiger partial charge in [-0.05, 0) is 12.8 Å². The van der Waals surface area contributed by atoms with E-state index in [1.807, 2.05) is 4.90 Å². The molecule has 4 N–H and O–H groups in total. The van der Waals surface area contributed by atoms with Gasteiger partial charge in [-0.25, -0.2) is 4.79 Å². The van der Waals surface area contributed by atoms with Crippen LogP contribution in [0.3, 0.4) is 0 Å². The van der Waals surface area contributed by atoms with Crippen LogP contribution < -0.4 is 11.5 Å². The summed E-state index contributed by atoms with van der Waals surface area (Å²) in [7, 11) is 0. The van der Waals surface area contributed by atoms with E-state index in [9.17, 15) is 18.0 Å². The number of hydrogen-bond donors (Lipinski definition) is 2. The van der Waals surface area contributed by atoms with E-state index < -0.39 is 25.2 Å². The van der Waals surface area contributed by atoms with Gasteiger partial charge in [0.2, 0.25) is 0 Å². The summed E-state index contributed by atoms with van der Waals surface area (Å²) in [5, 5.41) is 0. The molecule has 6 nitrogen and oxygen atoms in total. The maximum Gasteiger partial charge on any atom is 0.422 e. The molecule has 2 saturated heterocycles. The molecule has 0 spiro atoms. The van der Waals surface area contributed by atoms with Crippen molar-refractivity contribution in [2.24, 2.45) is 11.5 Å². The van der Waals surface area contributed by atoms with E-state index in [-0.39, 0.29) is 12.1 Å². The summed E-state index contributed by atoms with van der Waals surface area (Å²) in [6, 6.07) is -0.344. The monoisotopic (exact) mass is 282 g/mol. The number of nitrogens with two attached hydrogens (primary N) is 2. The van der Waals surface area contributed by atoms with Crippen LogP contribution >= 0.6 is 0 Å². The smallest absolute Gasteiger partial charge is 0.422 e. The fourth-order valence-corrected chi connectivity index (χ4v) is 2.70. The predicted molar refractivity (Wildman–Crippen MR) is 59.8 cm³/mol. The van der Waals surface area contributed by atoms with Gasteiger partial charge in [-0.2, -0.15) is 13.2 Å². The van der Waals surface area contributed by atoms with Gasteiger partial charge in [0.15, 0.2) is 6.61 Å². The summed E-state index contributed by atoms with van der Waals surface area (Å²) in [5.74, 6) is 0. The third-order valence-corrected chi connectivity index (χ3v) is 3.50. The van der Waals surface area contributed by atoms with Gasteiger partial charge in [0, 0.05) is 25.2 Å². The van der Waals surface area contributed by atoms with Gasteiger partial charge in [-0.1, -0.05) is 0 Å². The molecule has 2 rings (SSSR count). The number of likely N-dealkylation sites (tertiary alicyclic amines) is 1. The van der Waals surface area contributed by atoms with Crippen molar-refractivity contribution in [3.63, 3.8) is 0 Å². The Morgan fingerprint density at radius 3 is 2.21 bits per heavy atom. The summed E-state index contributed by atoms with van der Waals surface area (Å²) < 4.78 is 40.4. The number of hydrogen-bond acceptors (Lipinski definition) is 5. The molecule has 1 amide bonds. The average Bonchev–Trinajstić information content (AvgIpc) is 2.55. The van der Waals surface area contributed by atoms with Gasteiger partial charge >= 0.3 is 12.3 Å². The van der Waals surface area contributed by atoms with E-state index in [1.54, 1.807) is 0 Å². The molecule has 0 radical (unpaired) electrons. The zero-order chi connectivity index (χ0) is 14.2. The summed E-state index contributed by atoms with van der Waals surface area (Å²) >= 11 is 0. The number of amides is 1. The van der Waals surface area contributed by atoms with E-state index in [0.29, 0.717) is 13.1 Å². The molecule has 2 aliphatic heterocycles. The number of carbonyl (C=O) groups excluding carboxylic acids is 1. The molecule has 19 heavy (non-hydrogen) atoms. The number of halogens is 3. The molecule has 2 unspecified atom stereocenters. The van der Waals surface area contributed by atoms with Crippen molar-refractivity contribution < 1.29 is 22.7 Å². The van der Waals surface area contributed by atoms with Crippen LogP contribution in [0.5, 0.6) is 0 Å². The second-order valence-electron chi connectivity index (χ2n) is 4.91. The van der Waals surface area contributed by atoms with Crippen LogP contribution in [-0.4, -0.2) is 60.1 Å². The molecule has 2 atom stereocenters. The summed E-state index contributed by atoms with van der Waals surface area (Å²) in [6.07, 6.45) is -4.56. The van der Waals surface area contributed by atoms with Gasteiger partial charge in [-0.3, -0.25) is 9.80 Å². The Morgan fingerprint density at radius 1 is 1.26 bits per heavy atom. The average molecular weight is 282 g/mol. The highest BCUT2D eigenvalue weighted by molar-refractivity contribution is 5.69. The minimum absolute atomic E-state index is 0.172. The van der Waals surface area contributed by atoms with E-state index >= 15 is 0 Å². The lowest BCUT2D eigenvalue weighted by atomic mass is 10.2. The number of nitrogens with zero attached hydrogens (tertiary/aromatic N) is 2. The maximum atomic E-state index is 12.0. The first-order chi connectivity index (χ1) is 8.78. The van der Waals surface area contributed by atoms with Crippen molar-refractivity contribution in [1.29, 1.82) is 0 Å². The number of carbonyl (C=O) groups is 1. The quantitative estimate of drug-likeness (QED) is 0.698. The Kier molecular flexibility index (Phi) is 3.88. The topological polar surface area (TPSA) is 84.8 Å². The summed E-state index contributed by atoms with van der Waals surface area (Å²) in [4.78, 5) is 14.9. The van der Waals surface area contributed by atoms with Crippen LogP contribution in [0.2, 0.25) is 0 Å². The summed E-state index contributed by atoms with van der Waals surface area (Å²) in [5.41, 5.74) is 11.2. The maximum absolute atomic E-state index is 12.0. The largest absolute Gasteiger partial charge is 0.440 e. The highest BCUT2D eigenvalue weighted by atomic mass is 19.4. The van der Waals surface area contributed by atoms with Crippen molar-refractivity contribution in [2.75, 3.05) is 19.7 Å². The van der Waals surface area contributed by atoms with Crippen molar-refractivity contribution in [2.45, 2.75) is 37.4 Å². The van der Waals surface area contributed by atoms with Gasteiger partial charge in [0.1, 0.15) is 6.29 Å². The lowest BCUT2D eigenvalue weighted by Crippen LogP contribution is -2.62. The zero-order valence-electron chi connectivity index (χ0n) is 10.3. The molecule has 2 aliphatic rings. The molecule has 0 aromatic rings. The molecule has 0 aliphatic carbocycles. The molecular weight excluding hydrogens is 265 g/mol. The first kappa shape index (κ1) is 14.4. The van der Waals surface area contributed by atoms with Gasteiger partial charge in [-0.15, -0.1) is 0 Å². The normalized spacial score (nSPS) is 28.0.